The Bertz CT molecular complexity index is 1430. The predicted molar refractivity (Wildman–Crippen MR) is 152 cm³/mol. The van der Waals surface area contributed by atoms with E-state index in [9.17, 15) is 4.79 Å². The normalized spacial score (nSPS) is 13.3. The summed E-state index contributed by atoms with van der Waals surface area (Å²) >= 11 is 0. The molecule has 1 fully saturated rings. The average Bonchev–Trinajstić information content (AvgIpc) is 3.52. The molecule has 9 heteroatoms. The number of benzene rings is 2. The number of amides is 1. The second-order valence-electron chi connectivity index (χ2n) is 9.58. The van der Waals surface area contributed by atoms with E-state index in [1.165, 1.54) is 0 Å². The molecule has 40 heavy (non-hydrogen) atoms. The van der Waals surface area contributed by atoms with Crippen LogP contribution in [0.1, 0.15) is 23.3 Å². The van der Waals surface area contributed by atoms with Crippen molar-refractivity contribution in [3.8, 4) is 17.2 Å². The molecule has 9 nitrogen and oxygen atoms in total. The van der Waals surface area contributed by atoms with E-state index in [4.69, 9.17) is 28.3 Å². The van der Waals surface area contributed by atoms with Crippen LogP contribution in [-0.2, 0) is 29.0 Å². The second kappa shape index (κ2) is 12.7. The van der Waals surface area contributed by atoms with Gasteiger partial charge in [-0.05, 0) is 48.4 Å². The summed E-state index contributed by atoms with van der Waals surface area (Å²) in [6.45, 7) is 3.33. The summed E-state index contributed by atoms with van der Waals surface area (Å²) in [7, 11) is 4.92. The number of ether oxygens (including phenoxy) is 4. The number of aryl methyl sites for hydroxylation is 1. The van der Waals surface area contributed by atoms with Gasteiger partial charge in [0.25, 0.3) is 0 Å². The Morgan fingerprint density at radius 3 is 2.38 bits per heavy atom. The zero-order valence-electron chi connectivity index (χ0n) is 23.2. The number of carbonyl (C=O) groups is 1. The van der Waals surface area contributed by atoms with Crippen molar-refractivity contribution >= 4 is 22.6 Å². The highest BCUT2D eigenvalue weighted by Gasteiger charge is 2.24. The Morgan fingerprint density at radius 2 is 1.65 bits per heavy atom. The van der Waals surface area contributed by atoms with Gasteiger partial charge in [0.15, 0.2) is 0 Å². The molecule has 5 rings (SSSR count). The molecular weight excluding hydrogens is 510 g/mol. The molecule has 0 aliphatic carbocycles. The highest BCUT2D eigenvalue weighted by atomic mass is 16.5. The highest BCUT2D eigenvalue weighted by molar-refractivity contribution is 5.92. The molecule has 1 amide bonds. The predicted octanol–water partition coefficient (Wildman–Crippen LogP) is 4.85. The van der Waals surface area contributed by atoms with Gasteiger partial charge in [-0.1, -0.05) is 18.2 Å². The topological polar surface area (TPSA) is 86.5 Å². The third-order valence-electron chi connectivity index (χ3n) is 7.16. The fourth-order valence-electron chi connectivity index (χ4n) is 5.09. The van der Waals surface area contributed by atoms with Crippen LogP contribution in [0.4, 0.5) is 5.82 Å². The van der Waals surface area contributed by atoms with Gasteiger partial charge in [-0.25, -0.2) is 4.98 Å². The van der Waals surface area contributed by atoms with Crippen molar-refractivity contribution < 1.29 is 28.2 Å². The van der Waals surface area contributed by atoms with Crippen molar-refractivity contribution in [1.29, 1.82) is 0 Å². The van der Waals surface area contributed by atoms with Crippen molar-refractivity contribution in [3.05, 3.63) is 77.7 Å². The maximum Gasteiger partial charge on any atom is 0.223 e. The van der Waals surface area contributed by atoms with E-state index in [-0.39, 0.29) is 5.91 Å². The number of hydrogen-bond acceptors (Lipinski definition) is 8. The van der Waals surface area contributed by atoms with Crippen molar-refractivity contribution in [2.75, 3.05) is 52.5 Å². The van der Waals surface area contributed by atoms with Gasteiger partial charge in [0.2, 0.25) is 5.91 Å². The van der Waals surface area contributed by atoms with Crippen LogP contribution in [0.25, 0.3) is 10.9 Å². The zero-order valence-corrected chi connectivity index (χ0v) is 23.2. The molecule has 0 unspecified atom stereocenters. The molecular formula is C31H35N3O6. The molecule has 2 aromatic heterocycles. The molecule has 4 aromatic rings. The van der Waals surface area contributed by atoms with Crippen molar-refractivity contribution in [2.45, 2.75) is 25.9 Å². The number of rotatable bonds is 11. The molecule has 1 saturated heterocycles. The van der Waals surface area contributed by atoms with Crippen LogP contribution in [0.5, 0.6) is 17.2 Å². The average molecular weight is 546 g/mol. The first kappa shape index (κ1) is 27.3. The van der Waals surface area contributed by atoms with E-state index in [0.29, 0.717) is 75.0 Å². The van der Waals surface area contributed by atoms with Gasteiger partial charge in [0, 0.05) is 37.0 Å². The summed E-state index contributed by atoms with van der Waals surface area (Å²) in [5.41, 5.74) is 2.62. The number of fused-ring (bicyclic) bond motifs is 1. The fourth-order valence-corrected chi connectivity index (χ4v) is 5.09. The minimum atomic E-state index is 0.00735. The summed E-state index contributed by atoms with van der Waals surface area (Å²) in [6.07, 6.45) is 2.52. The maximum atomic E-state index is 13.8. The summed E-state index contributed by atoms with van der Waals surface area (Å²) < 4.78 is 28.1. The molecule has 210 valence electrons. The van der Waals surface area contributed by atoms with E-state index in [1.54, 1.807) is 27.6 Å². The third-order valence-corrected chi connectivity index (χ3v) is 7.16. The number of anilines is 1. The molecule has 1 aliphatic heterocycles. The van der Waals surface area contributed by atoms with Crippen LogP contribution in [0.2, 0.25) is 0 Å². The molecule has 3 heterocycles. The lowest BCUT2D eigenvalue weighted by Gasteiger charge is -2.31. The quantitative estimate of drug-likeness (QED) is 0.264. The number of hydrogen-bond donors (Lipinski definition) is 0. The Hall–Kier alpha value is -4.24. The van der Waals surface area contributed by atoms with Gasteiger partial charge < -0.3 is 33.2 Å². The Kier molecular flexibility index (Phi) is 8.71. The van der Waals surface area contributed by atoms with E-state index in [0.717, 1.165) is 28.1 Å². The number of aromatic nitrogens is 1. The van der Waals surface area contributed by atoms with E-state index < -0.39 is 0 Å². The van der Waals surface area contributed by atoms with Crippen molar-refractivity contribution in [3.63, 3.8) is 0 Å². The van der Waals surface area contributed by atoms with Crippen molar-refractivity contribution in [1.82, 2.24) is 9.88 Å². The Labute approximate surface area is 234 Å². The van der Waals surface area contributed by atoms with Crippen molar-refractivity contribution in [2.24, 2.45) is 0 Å². The number of carbonyl (C=O) groups excluding carboxylic acids is 1. The van der Waals surface area contributed by atoms with E-state index in [2.05, 4.69) is 11.0 Å². The van der Waals surface area contributed by atoms with Crippen LogP contribution in [0.3, 0.4) is 0 Å². The Morgan fingerprint density at radius 1 is 0.900 bits per heavy atom. The number of nitrogens with zero attached hydrogens (tertiary/aromatic N) is 3. The van der Waals surface area contributed by atoms with Gasteiger partial charge in [-0.3, -0.25) is 4.79 Å². The molecule has 0 atom stereocenters. The number of methoxy groups -OCH3 is 3. The number of pyridine rings is 1. The van der Waals surface area contributed by atoms with E-state index in [1.807, 2.05) is 53.4 Å². The first-order valence-electron chi connectivity index (χ1n) is 13.4. The molecule has 0 N–H and O–H groups in total. The minimum Gasteiger partial charge on any atom is -0.496 e. The van der Waals surface area contributed by atoms with Crippen LogP contribution in [0, 0.1) is 0 Å². The SMILES string of the molecule is COc1ccccc1CCC(=O)N(Cc1ccco1)Cc1cc2c(OC)ccc(OC)c2nc1N1CCOCC1. The number of furan rings is 1. The zero-order chi connectivity index (χ0) is 27.9. The third kappa shape index (κ3) is 5.99. The van der Waals surface area contributed by atoms with Crippen LogP contribution < -0.4 is 19.1 Å². The van der Waals surface area contributed by atoms with Gasteiger partial charge >= 0.3 is 0 Å². The second-order valence-corrected chi connectivity index (χ2v) is 9.58. The molecule has 0 radical (unpaired) electrons. The van der Waals surface area contributed by atoms with Crippen LogP contribution in [-0.4, -0.2) is 63.4 Å². The lowest BCUT2D eigenvalue weighted by molar-refractivity contribution is -0.132. The van der Waals surface area contributed by atoms with Gasteiger partial charge in [-0.2, -0.15) is 0 Å². The lowest BCUT2D eigenvalue weighted by atomic mass is 10.1. The molecule has 0 spiro atoms. The largest absolute Gasteiger partial charge is 0.496 e. The van der Waals surface area contributed by atoms with Gasteiger partial charge in [-0.15, -0.1) is 0 Å². The smallest absolute Gasteiger partial charge is 0.223 e. The minimum absolute atomic E-state index is 0.00735. The highest BCUT2D eigenvalue weighted by Crippen LogP contribution is 2.36. The molecule has 1 aliphatic rings. The first-order chi connectivity index (χ1) is 19.6. The summed E-state index contributed by atoms with van der Waals surface area (Å²) in [6, 6.07) is 17.3. The summed E-state index contributed by atoms with van der Waals surface area (Å²) in [5.74, 6) is 3.67. The lowest BCUT2D eigenvalue weighted by Crippen LogP contribution is -2.38. The molecule has 2 aromatic carbocycles. The monoisotopic (exact) mass is 545 g/mol. The van der Waals surface area contributed by atoms with Crippen LogP contribution >= 0.6 is 0 Å². The molecule has 0 bridgehead atoms. The summed E-state index contributed by atoms with van der Waals surface area (Å²) in [5, 5.41) is 0.827. The van der Waals surface area contributed by atoms with E-state index >= 15 is 0 Å². The Balaban J connectivity index is 1.52. The standard InChI is InChI=1S/C31H35N3O6/c1-36-26-9-5-4-7-22(26)10-13-29(35)34(21-24-8-6-16-40-24)20-23-19-25-27(37-2)11-12-28(38-3)30(25)32-31(23)33-14-17-39-18-15-33/h4-9,11-12,16,19H,10,13-15,17-18,20-21H2,1-3H3. The summed E-state index contributed by atoms with van der Waals surface area (Å²) in [4.78, 5) is 22.9. The van der Waals surface area contributed by atoms with Crippen LogP contribution in [0.15, 0.2) is 65.3 Å². The number of para-hydroxylation sites is 1. The molecule has 0 saturated carbocycles. The van der Waals surface area contributed by atoms with Gasteiger partial charge in [0.05, 0.1) is 47.4 Å². The fraction of sp³-hybridized carbons (Fsp3) is 0.355. The van der Waals surface area contributed by atoms with Gasteiger partial charge in [0.1, 0.15) is 34.3 Å². The number of morpholine rings is 1. The maximum absolute atomic E-state index is 13.8. The first-order valence-corrected chi connectivity index (χ1v) is 13.4.